The highest BCUT2D eigenvalue weighted by molar-refractivity contribution is 5.41. The molecule has 2 nitrogen and oxygen atoms in total. The summed E-state index contributed by atoms with van der Waals surface area (Å²) >= 11 is 0. The van der Waals surface area contributed by atoms with Crippen molar-refractivity contribution in [1.29, 1.82) is 0 Å². The lowest BCUT2D eigenvalue weighted by Crippen LogP contribution is -2.03. The lowest BCUT2D eigenvalue weighted by molar-refractivity contribution is 0.145. The van der Waals surface area contributed by atoms with Crippen molar-refractivity contribution in [2.24, 2.45) is 0 Å². The Bertz CT molecular complexity index is 375. The fourth-order valence-corrected chi connectivity index (χ4v) is 1.83. The average molecular weight is 198 g/mol. The van der Waals surface area contributed by atoms with E-state index in [2.05, 4.69) is 10.3 Å². The van der Waals surface area contributed by atoms with Crippen molar-refractivity contribution >= 4 is 0 Å². The third-order valence-electron chi connectivity index (χ3n) is 2.80. The third kappa shape index (κ3) is 1.30. The largest absolute Gasteiger partial charge is 0.307 e. The first-order valence-corrected chi connectivity index (χ1v) is 4.59. The van der Waals surface area contributed by atoms with Crippen LogP contribution >= 0.6 is 0 Å². The predicted molar refractivity (Wildman–Crippen MR) is 49.2 cm³/mol. The molecular formula is C10H12F2N2. The highest BCUT2D eigenvalue weighted by atomic mass is 19.3. The first-order valence-electron chi connectivity index (χ1n) is 4.59. The molecule has 0 spiro atoms. The number of rotatable bonds is 1. The summed E-state index contributed by atoms with van der Waals surface area (Å²) in [5.41, 5.74) is 3.39. The Hall–Kier alpha value is -1.03. The predicted octanol–water partition coefficient (Wildman–Crippen LogP) is 2.24. The van der Waals surface area contributed by atoms with Crippen LogP contribution in [-0.2, 0) is 13.1 Å². The van der Waals surface area contributed by atoms with E-state index >= 15 is 0 Å². The van der Waals surface area contributed by atoms with E-state index in [1.807, 2.05) is 6.92 Å². The van der Waals surface area contributed by atoms with Gasteiger partial charge in [0.1, 0.15) is 5.69 Å². The van der Waals surface area contributed by atoms with Gasteiger partial charge in [-0.1, -0.05) is 0 Å². The van der Waals surface area contributed by atoms with Crippen molar-refractivity contribution in [3.8, 4) is 0 Å². The van der Waals surface area contributed by atoms with Crippen LogP contribution in [0.2, 0.25) is 0 Å². The molecule has 0 saturated heterocycles. The Morgan fingerprint density at radius 3 is 2.57 bits per heavy atom. The zero-order valence-electron chi connectivity index (χ0n) is 8.19. The molecule has 0 aromatic carbocycles. The Labute approximate surface area is 81.4 Å². The van der Waals surface area contributed by atoms with Gasteiger partial charge in [0.05, 0.1) is 5.69 Å². The SMILES string of the molecule is Cc1c(C(F)F)nc2c(c1C)CNC2. The molecule has 0 radical (unpaired) electrons. The van der Waals surface area contributed by atoms with Gasteiger partial charge in [0.25, 0.3) is 6.43 Å². The summed E-state index contributed by atoms with van der Waals surface area (Å²) in [7, 11) is 0. The molecular weight excluding hydrogens is 186 g/mol. The van der Waals surface area contributed by atoms with Gasteiger partial charge in [-0.3, -0.25) is 0 Å². The van der Waals surface area contributed by atoms with Crippen molar-refractivity contribution in [3.05, 3.63) is 28.1 Å². The molecule has 4 heteroatoms. The molecule has 1 aromatic heterocycles. The van der Waals surface area contributed by atoms with Crippen molar-refractivity contribution in [2.75, 3.05) is 0 Å². The molecule has 1 aliphatic rings. The average Bonchev–Trinajstić information content (AvgIpc) is 2.58. The van der Waals surface area contributed by atoms with Crippen LogP contribution in [0, 0.1) is 13.8 Å². The smallest absolute Gasteiger partial charge is 0.280 e. The van der Waals surface area contributed by atoms with E-state index in [1.54, 1.807) is 6.92 Å². The van der Waals surface area contributed by atoms with Crippen LogP contribution in [-0.4, -0.2) is 4.98 Å². The summed E-state index contributed by atoms with van der Waals surface area (Å²) in [4.78, 5) is 4.00. The second kappa shape index (κ2) is 3.28. The maximum atomic E-state index is 12.6. The molecule has 0 saturated carbocycles. The fourth-order valence-electron chi connectivity index (χ4n) is 1.83. The molecule has 0 atom stereocenters. The number of alkyl halides is 2. The molecule has 0 aliphatic carbocycles. The van der Waals surface area contributed by atoms with E-state index in [0.717, 1.165) is 23.4 Å². The monoisotopic (exact) mass is 198 g/mol. The normalized spacial score (nSPS) is 14.9. The standard InChI is InChI=1S/C10H12F2N2/c1-5-6(2)9(10(11)12)14-8-4-13-3-7(5)8/h10,13H,3-4H2,1-2H3. The molecule has 0 bridgehead atoms. The van der Waals surface area contributed by atoms with E-state index in [0.29, 0.717) is 12.1 Å². The van der Waals surface area contributed by atoms with Crippen LogP contribution in [0.4, 0.5) is 8.78 Å². The Balaban J connectivity index is 2.61. The van der Waals surface area contributed by atoms with Gasteiger partial charge in [0.2, 0.25) is 0 Å². The Morgan fingerprint density at radius 1 is 1.21 bits per heavy atom. The lowest BCUT2D eigenvalue weighted by Gasteiger charge is -2.11. The summed E-state index contributed by atoms with van der Waals surface area (Å²) < 4.78 is 25.2. The maximum Gasteiger partial charge on any atom is 0.280 e. The topological polar surface area (TPSA) is 24.9 Å². The number of aromatic nitrogens is 1. The number of nitrogens with one attached hydrogen (secondary N) is 1. The van der Waals surface area contributed by atoms with Crippen molar-refractivity contribution in [2.45, 2.75) is 33.4 Å². The minimum atomic E-state index is -2.47. The number of fused-ring (bicyclic) bond motifs is 1. The first kappa shape index (κ1) is 9.52. The van der Waals surface area contributed by atoms with E-state index in [-0.39, 0.29) is 5.69 Å². The number of nitrogens with zero attached hydrogens (tertiary/aromatic N) is 1. The highest BCUT2D eigenvalue weighted by Crippen LogP contribution is 2.28. The molecule has 0 amide bonds. The van der Waals surface area contributed by atoms with E-state index < -0.39 is 6.43 Å². The van der Waals surface area contributed by atoms with E-state index in [1.165, 1.54) is 0 Å². The van der Waals surface area contributed by atoms with Crippen LogP contribution in [0.5, 0.6) is 0 Å². The molecule has 0 fully saturated rings. The van der Waals surface area contributed by atoms with Crippen molar-refractivity contribution in [1.82, 2.24) is 10.3 Å². The van der Waals surface area contributed by atoms with Crippen molar-refractivity contribution < 1.29 is 8.78 Å². The molecule has 1 N–H and O–H groups in total. The quantitative estimate of drug-likeness (QED) is 0.748. The van der Waals surface area contributed by atoms with Gasteiger partial charge in [-0.25, -0.2) is 13.8 Å². The van der Waals surface area contributed by atoms with Gasteiger partial charge < -0.3 is 5.32 Å². The second-order valence-electron chi connectivity index (χ2n) is 3.58. The Kier molecular flexibility index (Phi) is 2.23. The van der Waals surface area contributed by atoms with Gasteiger partial charge in [-0.2, -0.15) is 0 Å². The van der Waals surface area contributed by atoms with Gasteiger partial charge in [-0.15, -0.1) is 0 Å². The van der Waals surface area contributed by atoms with Gasteiger partial charge in [0.15, 0.2) is 0 Å². The van der Waals surface area contributed by atoms with E-state index in [4.69, 9.17) is 0 Å². The van der Waals surface area contributed by atoms with Crippen LogP contribution in [0.15, 0.2) is 0 Å². The van der Waals surface area contributed by atoms with Gasteiger partial charge in [-0.05, 0) is 30.5 Å². The summed E-state index contributed by atoms with van der Waals surface area (Å²) in [6.45, 7) is 4.95. The van der Waals surface area contributed by atoms with E-state index in [9.17, 15) is 8.78 Å². The summed E-state index contributed by atoms with van der Waals surface area (Å²) in [6, 6.07) is 0. The van der Waals surface area contributed by atoms with Crippen LogP contribution in [0.25, 0.3) is 0 Å². The van der Waals surface area contributed by atoms with Gasteiger partial charge >= 0.3 is 0 Å². The fraction of sp³-hybridized carbons (Fsp3) is 0.500. The highest BCUT2D eigenvalue weighted by Gasteiger charge is 2.22. The first-order chi connectivity index (χ1) is 6.61. The van der Waals surface area contributed by atoms with Crippen LogP contribution in [0.1, 0.15) is 34.5 Å². The zero-order chi connectivity index (χ0) is 10.3. The Morgan fingerprint density at radius 2 is 1.93 bits per heavy atom. The number of hydrogen-bond acceptors (Lipinski definition) is 2. The molecule has 1 aliphatic heterocycles. The summed E-state index contributed by atoms with van der Waals surface area (Å²) in [6.07, 6.45) is -2.47. The zero-order valence-corrected chi connectivity index (χ0v) is 8.19. The number of hydrogen-bond donors (Lipinski definition) is 1. The van der Waals surface area contributed by atoms with Crippen LogP contribution < -0.4 is 5.32 Å². The third-order valence-corrected chi connectivity index (χ3v) is 2.80. The minimum absolute atomic E-state index is 0.0649. The molecule has 2 rings (SSSR count). The molecule has 2 heterocycles. The summed E-state index contributed by atoms with van der Waals surface area (Å²) in [5, 5.41) is 3.11. The van der Waals surface area contributed by atoms with Crippen LogP contribution in [0.3, 0.4) is 0 Å². The second-order valence-corrected chi connectivity index (χ2v) is 3.58. The number of pyridine rings is 1. The lowest BCUT2D eigenvalue weighted by atomic mass is 10.0. The minimum Gasteiger partial charge on any atom is -0.307 e. The number of halogens is 2. The molecule has 14 heavy (non-hydrogen) atoms. The molecule has 1 aromatic rings. The molecule has 0 unspecified atom stereocenters. The van der Waals surface area contributed by atoms with Crippen molar-refractivity contribution in [3.63, 3.8) is 0 Å². The maximum absolute atomic E-state index is 12.6. The molecule has 76 valence electrons. The van der Waals surface area contributed by atoms with Gasteiger partial charge in [0, 0.05) is 13.1 Å². The summed E-state index contributed by atoms with van der Waals surface area (Å²) in [5.74, 6) is 0.